The van der Waals surface area contributed by atoms with Gasteiger partial charge < -0.3 is 9.64 Å². The van der Waals surface area contributed by atoms with E-state index in [9.17, 15) is 4.79 Å². The lowest BCUT2D eigenvalue weighted by molar-refractivity contribution is 0.00258. The molecule has 1 spiro atoms. The highest BCUT2D eigenvalue weighted by molar-refractivity contribution is 5.95. The van der Waals surface area contributed by atoms with Crippen molar-refractivity contribution in [2.45, 2.75) is 56.4 Å². The van der Waals surface area contributed by atoms with Crippen LogP contribution >= 0.6 is 0 Å². The number of benzene rings is 1. The molecule has 2 N–H and O–H groups in total. The van der Waals surface area contributed by atoms with Crippen LogP contribution in [0.25, 0.3) is 0 Å². The van der Waals surface area contributed by atoms with Crippen LogP contribution in [0.3, 0.4) is 0 Å². The standard InChI is InChI=1S/C23H34N4O2/c28-22-26(21-8-6-19(7-9-21)20-14-24-25-15-20)17-23(10-12-29-13-11-23)27(22)16-18-4-2-1-3-5-18/h6-9,18,20,24-25H,1-5,10-17H2. The summed E-state index contributed by atoms with van der Waals surface area (Å²) in [5.74, 6) is 1.17. The molecule has 6 nitrogen and oxygen atoms in total. The number of hydrogen-bond donors (Lipinski definition) is 2. The van der Waals surface area contributed by atoms with Crippen LogP contribution in [0, 0.1) is 5.92 Å². The van der Waals surface area contributed by atoms with Crippen LogP contribution in [0.2, 0.25) is 0 Å². The lowest BCUT2D eigenvalue weighted by Crippen LogP contribution is -2.52. The van der Waals surface area contributed by atoms with E-state index < -0.39 is 0 Å². The third-order valence-corrected chi connectivity index (χ3v) is 7.57. The molecule has 4 aliphatic rings. The topological polar surface area (TPSA) is 56.8 Å². The Morgan fingerprint density at radius 3 is 2.38 bits per heavy atom. The summed E-state index contributed by atoms with van der Waals surface area (Å²) >= 11 is 0. The van der Waals surface area contributed by atoms with Crippen molar-refractivity contribution in [3.05, 3.63) is 29.8 Å². The minimum absolute atomic E-state index is 0.0508. The molecule has 2 amide bonds. The van der Waals surface area contributed by atoms with Gasteiger partial charge in [0.05, 0.1) is 12.1 Å². The van der Waals surface area contributed by atoms with Gasteiger partial charge >= 0.3 is 6.03 Å². The molecule has 3 aliphatic heterocycles. The molecule has 3 heterocycles. The van der Waals surface area contributed by atoms with Crippen molar-refractivity contribution in [1.29, 1.82) is 0 Å². The predicted molar refractivity (Wildman–Crippen MR) is 114 cm³/mol. The summed E-state index contributed by atoms with van der Waals surface area (Å²) in [5.41, 5.74) is 8.71. The zero-order valence-corrected chi connectivity index (χ0v) is 17.4. The van der Waals surface area contributed by atoms with Crippen molar-refractivity contribution >= 4 is 11.7 Å². The molecule has 1 aromatic carbocycles. The zero-order valence-electron chi connectivity index (χ0n) is 17.4. The fourth-order valence-electron chi connectivity index (χ4n) is 5.70. The molecule has 1 saturated carbocycles. The molecule has 0 bridgehead atoms. The molecule has 6 heteroatoms. The number of hydrogen-bond acceptors (Lipinski definition) is 4. The summed E-state index contributed by atoms with van der Waals surface area (Å²) in [6, 6.07) is 8.88. The van der Waals surface area contributed by atoms with Crippen LogP contribution in [0.1, 0.15) is 56.4 Å². The molecular weight excluding hydrogens is 364 g/mol. The molecular formula is C23H34N4O2. The van der Waals surface area contributed by atoms with E-state index in [1.165, 1.54) is 37.7 Å². The summed E-state index contributed by atoms with van der Waals surface area (Å²) in [5, 5.41) is 0. The third kappa shape index (κ3) is 3.78. The quantitative estimate of drug-likeness (QED) is 0.818. The van der Waals surface area contributed by atoms with Crippen molar-refractivity contribution in [2.75, 3.05) is 44.3 Å². The Kier molecular flexibility index (Phi) is 5.50. The van der Waals surface area contributed by atoms with Crippen molar-refractivity contribution in [3.8, 4) is 0 Å². The first-order valence-electron chi connectivity index (χ1n) is 11.5. The number of carbonyl (C=O) groups is 1. The maximum absolute atomic E-state index is 13.6. The average Bonchev–Trinajstić information content (AvgIpc) is 3.39. The summed E-state index contributed by atoms with van der Waals surface area (Å²) in [4.78, 5) is 17.9. The monoisotopic (exact) mass is 398 g/mol. The maximum Gasteiger partial charge on any atom is 0.325 e. The van der Waals surface area contributed by atoms with Gasteiger partial charge in [-0.2, -0.15) is 0 Å². The minimum Gasteiger partial charge on any atom is -0.381 e. The highest BCUT2D eigenvalue weighted by atomic mass is 16.5. The van der Waals surface area contributed by atoms with Crippen LogP contribution in [0.5, 0.6) is 0 Å². The Morgan fingerprint density at radius 2 is 1.69 bits per heavy atom. The number of nitrogens with one attached hydrogen (secondary N) is 2. The molecule has 0 unspecified atom stereocenters. The van der Waals surface area contributed by atoms with Gasteiger partial charge in [-0.1, -0.05) is 31.4 Å². The van der Waals surface area contributed by atoms with Crippen molar-refractivity contribution in [3.63, 3.8) is 0 Å². The van der Waals surface area contributed by atoms with Gasteiger partial charge in [0, 0.05) is 44.5 Å². The Balaban J connectivity index is 1.36. The second kappa shape index (κ2) is 8.25. The van der Waals surface area contributed by atoms with Gasteiger partial charge in [0.1, 0.15) is 0 Å². The largest absolute Gasteiger partial charge is 0.381 e. The summed E-state index contributed by atoms with van der Waals surface area (Å²) in [7, 11) is 0. The Labute approximate surface area is 173 Å². The first-order valence-corrected chi connectivity index (χ1v) is 11.5. The van der Waals surface area contributed by atoms with Gasteiger partial charge in [-0.15, -0.1) is 0 Å². The third-order valence-electron chi connectivity index (χ3n) is 7.57. The minimum atomic E-state index is -0.0508. The van der Waals surface area contributed by atoms with Gasteiger partial charge in [0.15, 0.2) is 0 Å². The number of nitrogens with zero attached hydrogens (tertiary/aromatic N) is 2. The molecule has 158 valence electrons. The van der Waals surface area contributed by atoms with Crippen molar-refractivity contribution in [1.82, 2.24) is 15.8 Å². The van der Waals surface area contributed by atoms with E-state index in [1.54, 1.807) is 0 Å². The smallest absolute Gasteiger partial charge is 0.325 e. The lowest BCUT2D eigenvalue weighted by atomic mass is 9.85. The SMILES string of the molecule is O=C1N(c2ccc(C3CNNC3)cc2)CC2(CCOCC2)N1CC1CCCCC1. The maximum atomic E-state index is 13.6. The number of carbonyl (C=O) groups excluding carboxylic acids is 1. The van der Waals surface area contributed by atoms with E-state index >= 15 is 0 Å². The van der Waals surface area contributed by atoms with Crippen molar-refractivity contribution in [2.24, 2.45) is 5.92 Å². The van der Waals surface area contributed by atoms with Crippen LogP contribution in [0.15, 0.2) is 24.3 Å². The Morgan fingerprint density at radius 1 is 1.00 bits per heavy atom. The van der Waals surface area contributed by atoms with E-state index in [2.05, 4.69) is 40.0 Å². The van der Waals surface area contributed by atoms with Gasteiger partial charge in [0.2, 0.25) is 0 Å². The number of ether oxygens (including phenoxy) is 1. The van der Waals surface area contributed by atoms with E-state index in [-0.39, 0.29) is 11.6 Å². The first-order chi connectivity index (χ1) is 14.3. The van der Waals surface area contributed by atoms with Gasteiger partial charge in [0.25, 0.3) is 0 Å². The highest BCUT2D eigenvalue weighted by Gasteiger charge is 2.51. The molecule has 3 saturated heterocycles. The van der Waals surface area contributed by atoms with E-state index in [0.717, 1.165) is 57.9 Å². The van der Waals surface area contributed by atoms with Gasteiger partial charge in [-0.05, 0) is 49.3 Å². The average molecular weight is 399 g/mol. The van der Waals surface area contributed by atoms with Crippen LogP contribution in [-0.2, 0) is 4.74 Å². The summed E-state index contributed by atoms with van der Waals surface area (Å²) in [6.07, 6.45) is 8.45. The molecule has 4 fully saturated rings. The van der Waals surface area contributed by atoms with E-state index in [4.69, 9.17) is 4.74 Å². The van der Waals surface area contributed by atoms with Crippen LogP contribution < -0.4 is 15.8 Å². The molecule has 1 aromatic rings. The molecule has 29 heavy (non-hydrogen) atoms. The Hall–Kier alpha value is -1.63. The molecule has 1 aliphatic carbocycles. The van der Waals surface area contributed by atoms with E-state index in [0.29, 0.717) is 11.8 Å². The van der Waals surface area contributed by atoms with Crippen LogP contribution in [0.4, 0.5) is 10.5 Å². The van der Waals surface area contributed by atoms with Crippen molar-refractivity contribution < 1.29 is 9.53 Å². The van der Waals surface area contributed by atoms with Gasteiger partial charge in [-0.3, -0.25) is 15.8 Å². The first kappa shape index (κ1) is 19.3. The van der Waals surface area contributed by atoms with Crippen LogP contribution in [-0.4, -0.2) is 55.9 Å². The number of rotatable bonds is 4. The number of amides is 2. The number of hydrazine groups is 1. The molecule has 0 aromatic heterocycles. The molecule has 0 atom stereocenters. The fourth-order valence-corrected chi connectivity index (χ4v) is 5.70. The highest BCUT2D eigenvalue weighted by Crippen LogP contribution is 2.40. The normalized spacial score (nSPS) is 26.0. The fraction of sp³-hybridized carbons (Fsp3) is 0.696. The molecule has 5 rings (SSSR count). The lowest BCUT2D eigenvalue weighted by Gasteiger charge is -2.41. The zero-order chi connectivity index (χ0) is 19.7. The Bertz CT molecular complexity index is 704. The predicted octanol–water partition coefficient (Wildman–Crippen LogP) is 3.25. The second-order valence-corrected chi connectivity index (χ2v) is 9.37. The second-order valence-electron chi connectivity index (χ2n) is 9.37. The summed E-state index contributed by atoms with van der Waals surface area (Å²) < 4.78 is 5.68. The number of anilines is 1. The molecule has 0 radical (unpaired) electrons. The van der Waals surface area contributed by atoms with Gasteiger partial charge in [-0.25, -0.2) is 4.79 Å². The summed E-state index contributed by atoms with van der Waals surface area (Å²) in [6.45, 7) is 5.17. The van der Waals surface area contributed by atoms with E-state index in [1.807, 2.05) is 4.90 Å². The number of urea groups is 1.